The van der Waals surface area contributed by atoms with Crippen LogP contribution in [0.3, 0.4) is 0 Å². The Bertz CT molecular complexity index is 940. The lowest BCUT2D eigenvalue weighted by atomic mass is 10.1. The zero-order valence-electron chi connectivity index (χ0n) is 13.5. The van der Waals surface area contributed by atoms with Crippen molar-refractivity contribution in [3.63, 3.8) is 0 Å². The van der Waals surface area contributed by atoms with Crippen molar-refractivity contribution in [2.24, 2.45) is 7.05 Å². The number of hydrogen-bond acceptors (Lipinski definition) is 4. The van der Waals surface area contributed by atoms with E-state index in [9.17, 15) is 13.6 Å². The van der Waals surface area contributed by atoms with Crippen molar-refractivity contribution < 1.29 is 18.3 Å². The van der Waals surface area contributed by atoms with E-state index in [1.807, 2.05) is 0 Å². The second kappa shape index (κ2) is 6.68. The summed E-state index contributed by atoms with van der Waals surface area (Å²) in [5.41, 5.74) is 0.111. The number of benzene rings is 1. The van der Waals surface area contributed by atoms with Gasteiger partial charge in [-0.25, -0.2) is 13.8 Å². The molecule has 0 radical (unpaired) electrons. The van der Waals surface area contributed by atoms with E-state index in [4.69, 9.17) is 4.74 Å². The minimum absolute atomic E-state index is 0.0459. The second-order valence-corrected chi connectivity index (χ2v) is 5.23. The van der Waals surface area contributed by atoms with E-state index in [2.05, 4.69) is 15.4 Å². The minimum atomic E-state index is -0.734. The number of carbonyl (C=O) groups is 1. The molecule has 6 nitrogen and oxygen atoms in total. The first-order valence-corrected chi connectivity index (χ1v) is 7.28. The maximum atomic E-state index is 14.2. The van der Waals surface area contributed by atoms with E-state index >= 15 is 0 Å². The number of anilines is 1. The molecule has 0 saturated carbocycles. The van der Waals surface area contributed by atoms with Crippen LogP contribution in [0, 0.1) is 11.6 Å². The van der Waals surface area contributed by atoms with E-state index in [1.165, 1.54) is 36.2 Å². The molecular formula is C17H14F2N4O2. The van der Waals surface area contributed by atoms with E-state index < -0.39 is 17.5 Å². The molecule has 0 spiro atoms. The van der Waals surface area contributed by atoms with Crippen LogP contribution in [0.15, 0.2) is 42.7 Å². The highest BCUT2D eigenvalue weighted by Crippen LogP contribution is 2.27. The third-order valence-corrected chi connectivity index (χ3v) is 3.47. The Labute approximate surface area is 142 Å². The Morgan fingerprint density at radius 1 is 1.20 bits per heavy atom. The van der Waals surface area contributed by atoms with Gasteiger partial charge in [0, 0.05) is 24.9 Å². The van der Waals surface area contributed by atoms with Gasteiger partial charge in [-0.2, -0.15) is 5.10 Å². The Morgan fingerprint density at radius 3 is 2.64 bits per heavy atom. The van der Waals surface area contributed by atoms with Gasteiger partial charge in [0.05, 0.1) is 19.0 Å². The van der Waals surface area contributed by atoms with Crippen LogP contribution in [-0.4, -0.2) is 27.8 Å². The van der Waals surface area contributed by atoms with E-state index in [-0.39, 0.29) is 17.0 Å². The van der Waals surface area contributed by atoms with Crippen molar-refractivity contribution in [3.8, 4) is 17.0 Å². The summed E-state index contributed by atoms with van der Waals surface area (Å²) in [5.74, 6) is -1.69. The lowest BCUT2D eigenvalue weighted by Gasteiger charge is -2.08. The third kappa shape index (κ3) is 3.47. The number of amides is 1. The summed E-state index contributed by atoms with van der Waals surface area (Å²) in [4.78, 5) is 16.2. The smallest absolute Gasteiger partial charge is 0.274 e. The van der Waals surface area contributed by atoms with Crippen LogP contribution >= 0.6 is 0 Å². The monoisotopic (exact) mass is 344 g/mol. The van der Waals surface area contributed by atoms with Crippen LogP contribution in [0.2, 0.25) is 0 Å². The summed E-state index contributed by atoms with van der Waals surface area (Å²) in [6, 6.07) is 6.26. The first-order valence-electron chi connectivity index (χ1n) is 7.28. The number of pyridine rings is 1. The summed E-state index contributed by atoms with van der Waals surface area (Å²) >= 11 is 0. The Balaban J connectivity index is 1.94. The first-order chi connectivity index (χ1) is 12.0. The van der Waals surface area contributed by atoms with Gasteiger partial charge in [0.15, 0.2) is 0 Å². The van der Waals surface area contributed by atoms with Gasteiger partial charge in [-0.1, -0.05) is 0 Å². The summed E-state index contributed by atoms with van der Waals surface area (Å²) < 4.78 is 34.7. The number of rotatable bonds is 4. The molecule has 0 fully saturated rings. The van der Waals surface area contributed by atoms with Crippen LogP contribution in [0.25, 0.3) is 11.3 Å². The molecule has 1 amide bonds. The van der Waals surface area contributed by atoms with Gasteiger partial charge in [-0.3, -0.25) is 9.48 Å². The molecule has 0 aliphatic rings. The molecule has 2 aromatic heterocycles. The van der Waals surface area contributed by atoms with Gasteiger partial charge in [-0.15, -0.1) is 0 Å². The number of aryl methyl sites for hydroxylation is 1. The van der Waals surface area contributed by atoms with Gasteiger partial charge in [-0.05, 0) is 24.3 Å². The van der Waals surface area contributed by atoms with E-state index in [1.54, 1.807) is 13.2 Å². The average Bonchev–Trinajstić information content (AvgIpc) is 3.00. The molecule has 25 heavy (non-hydrogen) atoms. The Hall–Kier alpha value is -3.29. The molecule has 3 aromatic rings. The van der Waals surface area contributed by atoms with Crippen molar-refractivity contribution in [2.45, 2.75) is 0 Å². The van der Waals surface area contributed by atoms with E-state index in [0.29, 0.717) is 11.4 Å². The lowest BCUT2D eigenvalue weighted by molar-refractivity contribution is 0.102. The molecule has 0 saturated heterocycles. The van der Waals surface area contributed by atoms with Crippen molar-refractivity contribution in [2.75, 3.05) is 12.4 Å². The molecule has 2 heterocycles. The van der Waals surface area contributed by atoms with E-state index in [0.717, 1.165) is 12.1 Å². The summed E-state index contributed by atoms with van der Waals surface area (Å²) in [6.45, 7) is 0. The molecule has 0 aliphatic heterocycles. The number of ether oxygens (including phenoxy) is 1. The van der Waals surface area contributed by atoms with Gasteiger partial charge in [0.25, 0.3) is 5.91 Å². The lowest BCUT2D eigenvalue weighted by Crippen LogP contribution is -2.14. The van der Waals surface area contributed by atoms with Crippen molar-refractivity contribution in [1.82, 2.24) is 14.8 Å². The number of nitrogens with zero attached hydrogens (tertiary/aromatic N) is 3. The number of methoxy groups -OCH3 is 1. The van der Waals surface area contributed by atoms with Gasteiger partial charge >= 0.3 is 0 Å². The molecular weight excluding hydrogens is 330 g/mol. The third-order valence-electron chi connectivity index (χ3n) is 3.47. The highest BCUT2D eigenvalue weighted by Gasteiger charge is 2.17. The van der Waals surface area contributed by atoms with Crippen LogP contribution < -0.4 is 10.1 Å². The summed E-state index contributed by atoms with van der Waals surface area (Å²) in [5, 5.41) is 6.52. The van der Waals surface area contributed by atoms with Crippen molar-refractivity contribution in [3.05, 3.63) is 60.1 Å². The Morgan fingerprint density at radius 2 is 2.00 bits per heavy atom. The van der Waals surface area contributed by atoms with Gasteiger partial charge in [0.2, 0.25) is 0 Å². The molecule has 0 unspecified atom stereocenters. The first kappa shape index (κ1) is 16.6. The van der Waals surface area contributed by atoms with Gasteiger partial charge in [0.1, 0.15) is 28.8 Å². The fraction of sp³-hybridized carbons (Fsp3) is 0.118. The molecule has 0 atom stereocenters. The van der Waals surface area contributed by atoms with Crippen LogP contribution in [0.4, 0.5) is 14.5 Å². The molecule has 8 heteroatoms. The number of hydrogen-bond donors (Lipinski definition) is 1. The second-order valence-electron chi connectivity index (χ2n) is 5.23. The number of aromatic nitrogens is 3. The van der Waals surface area contributed by atoms with Crippen molar-refractivity contribution >= 4 is 11.6 Å². The predicted octanol–water partition coefficient (Wildman–Crippen LogP) is 3.02. The SMILES string of the molecule is COc1ccc(-c2nc(C(=O)Nc3cnn(C)c3)ccc2F)c(F)c1. The average molecular weight is 344 g/mol. The number of carbonyl (C=O) groups excluding carboxylic acids is 1. The maximum absolute atomic E-state index is 14.2. The normalized spacial score (nSPS) is 10.6. The fourth-order valence-corrected chi connectivity index (χ4v) is 2.25. The molecule has 1 aromatic carbocycles. The zero-order chi connectivity index (χ0) is 18.0. The Kier molecular flexibility index (Phi) is 4.42. The molecule has 1 N–H and O–H groups in total. The summed E-state index contributed by atoms with van der Waals surface area (Å²) in [6.07, 6.45) is 3.07. The highest BCUT2D eigenvalue weighted by molar-refractivity contribution is 6.03. The van der Waals surface area contributed by atoms with Crippen LogP contribution in [0.1, 0.15) is 10.5 Å². The van der Waals surface area contributed by atoms with Crippen LogP contribution in [-0.2, 0) is 7.05 Å². The summed E-state index contributed by atoms with van der Waals surface area (Å²) in [7, 11) is 3.10. The molecule has 128 valence electrons. The predicted molar refractivity (Wildman–Crippen MR) is 87.3 cm³/mol. The number of nitrogens with one attached hydrogen (secondary N) is 1. The molecule has 0 aliphatic carbocycles. The quantitative estimate of drug-likeness (QED) is 0.790. The largest absolute Gasteiger partial charge is 0.497 e. The molecule has 0 bridgehead atoms. The zero-order valence-corrected chi connectivity index (χ0v) is 13.5. The van der Waals surface area contributed by atoms with Gasteiger partial charge < -0.3 is 10.1 Å². The maximum Gasteiger partial charge on any atom is 0.274 e. The van der Waals surface area contributed by atoms with Crippen molar-refractivity contribution in [1.29, 1.82) is 0 Å². The van der Waals surface area contributed by atoms with Crippen LogP contribution in [0.5, 0.6) is 5.75 Å². The standard InChI is InChI=1S/C17H14F2N4O2/c1-23-9-10(8-20-23)21-17(24)15-6-5-13(18)16(22-15)12-4-3-11(25-2)7-14(12)19/h3-9H,1-2H3,(H,21,24). The number of halogens is 2. The fourth-order valence-electron chi connectivity index (χ4n) is 2.25. The molecule has 3 rings (SSSR count). The highest BCUT2D eigenvalue weighted by atomic mass is 19.1. The topological polar surface area (TPSA) is 69.0 Å². The minimum Gasteiger partial charge on any atom is -0.497 e.